The Morgan fingerprint density at radius 1 is 1.43 bits per heavy atom. The van der Waals surface area contributed by atoms with E-state index in [1.165, 1.54) is 12.1 Å². The molecule has 0 amide bonds. The summed E-state index contributed by atoms with van der Waals surface area (Å²) in [5.74, 6) is -0.870. The molecule has 0 saturated carbocycles. The summed E-state index contributed by atoms with van der Waals surface area (Å²) in [6.45, 7) is 2.67. The van der Waals surface area contributed by atoms with Crippen LogP contribution in [0.3, 0.4) is 0 Å². The van der Waals surface area contributed by atoms with Crippen molar-refractivity contribution in [1.82, 2.24) is 0 Å². The van der Waals surface area contributed by atoms with Gasteiger partial charge in [-0.1, -0.05) is 19.1 Å². The van der Waals surface area contributed by atoms with E-state index >= 15 is 0 Å². The molecule has 1 aromatic carbocycles. The van der Waals surface area contributed by atoms with E-state index in [4.69, 9.17) is 15.6 Å². The third-order valence-electron chi connectivity index (χ3n) is 3.23. The number of carbonyl (C=O) groups is 1. The first kappa shape index (κ1) is 17.6. The van der Waals surface area contributed by atoms with Crippen molar-refractivity contribution in [3.8, 4) is 0 Å². The van der Waals surface area contributed by atoms with Crippen LogP contribution in [-0.2, 0) is 16.0 Å². The van der Waals surface area contributed by atoms with Gasteiger partial charge in [0.05, 0.1) is 12.1 Å². The first-order chi connectivity index (χ1) is 9.80. The fourth-order valence-electron chi connectivity index (χ4n) is 2.12. The minimum atomic E-state index is -1.28. The smallest absolute Gasteiger partial charge is 0.305 e. The standard InChI is InChI=1S/C15H22FNO4/c1-3-13(20)21-14(12(19)9-18)15(2,17)8-10-4-6-11(16)7-5-10/h4-7,12,14,18-19H,3,8-9,17H2,1-2H3. The van der Waals surface area contributed by atoms with Gasteiger partial charge in [0.15, 0.2) is 0 Å². The third-order valence-corrected chi connectivity index (χ3v) is 3.23. The van der Waals surface area contributed by atoms with Crippen LogP contribution >= 0.6 is 0 Å². The predicted molar refractivity (Wildman–Crippen MR) is 76.0 cm³/mol. The van der Waals surface area contributed by atoms with Crippen LogP contribution in [0.4, 0.5) is 4.39 Å². The van der Waals surface area contributed by atoms with Crippen LogP contribution in [0, 0.1) is 5.82 Å². The highest BCUT2D eigenvalue weighted by Crippen LogP contribution is 2.21. The molecular formula is C15H22FNO4. The lowest BCUT2D eigenvalue weighted by atomic mass is 9.85. The summed E-state index contributed by atoms with van der Waals surface area (Å²) >= 11 is 0. The summed E-state index contributed by atoms with van der Waals surface area (Å²) in [6, 6.07) is 5.76. The summed E-state index contributed by atoms with van der Waals surface area (Å²) in [4.78, 5) is 11.5. The number of benzene rings is 1. The van der Waals surface area contributed by atoms with Gasteiger partial charge in [0.25, 0.3) is 0 Å². The van der Waals surface area contributed by atoms with Gasteiger partial charge in [-0.05, 0) is 31.0 Å². The number of ether oxygens (including phenoxy) is 1. The maximum atomic E-state index is 12.9. The van der Waals surface area contributed by atoms with Gasteiger partial charge in [-0.25, -0.2) is 4.39 Å². The molecule has 0 fully saturated rings. The summed E-state index contributed by atoms with van der Waals surface area (Å²) in [5, 5.41) is 19.0. The molecule has 0 aromatic heterocycles. The molecule has 0 heterocycles. The Morgan fingerprint density at radius 2 is 2.00 bits per heavy atom. The first-order valence-corrected chi connectivity index (χ1v) is 6.82. The lowest BCUT2D eigenvalue weighted by molar-refractivity contribution is -0.162. The van der Waals surface area contributed by atoms with Crippen molar-refractivity contribution in [3.05, 3.63) is 35.6 Å². The van der Waals surface area contributed by atoms with Crippen molar-refractivity contribution in [3.63, 3.8) is 0 Å². The van der Waals surface area contributed by atoms with Gasteiger partial charge >= 0.3 is 5.97 Å². The molecule has 3 unspecified atom stereocenters. The van der Waals surface area contributed by atoms with Gasteiger partial charge in [0.1, 0.15) is 18.0 Å². The van der Waals surface area contributed by atoms with Crippen LogP contribution in [-0.4, -0.2) is 40.5 Å². The molecule has 5 nitrogen and oxygen atoms in total. The number of aliphatic hydroxyl groups is 2. The molecule has 21 heavy (non-hydrogen) atoms. The van der Waals surface area contributed by atoms with Crippen molar-refractivity contribution in [2.24, 2.45) is 5.73 Å². The number of nitrogens with two attached hydrogens (primary N) is 1. The van der Waals surface area contributed by atoms with Crippen LogP contribution < -0.4 is 5.73 Å². The van der Waals surface area contributed by atoms with Crippen LogP contribution in [0.15, 0.2) is 24.3 Å². The number of halogens is 1. The van der Waals surface area contributed by atoms with Crippen LogP contribution in [0.1, 0.15) is 25.8 Å². The molecule has 1 rings (SSSR count). The molecule has 0 saturated heterocycles. The summed E-state index contributed by atoms with van der Waals surface area (Å²) in [7, 11) is 0. The fourth-order valence-corrected chi connectivity index (χ4v) is 2.12. The topological polar surface area (TPSA) is 92.8 Å². The van der Waals surface area contributed by atoms with Crippen LogP contribution in [0.5, 0.6) is 0 Å². The minimum absolute atomic E-state index is 0.140. The number of esters is 1. The molecule has 0 spiro atoms. The Bertz CT molecular complexity index is 461. The molecule has 0 bridgehead atoms. The van der Waals surface area contributed by atoms with Crippen molar-refractivity contribution in [2.75, 3.05) is 6.61 Å². The van der Waals surface area contributed by atoms with Crippen LogP contribution in [0.25, 0.3) is 0 Å². The lowest BCUT2D eigenvalue weighted by Gasteiger charge is -2.36. The number of hydrogen-bond acceptors (Lipinski definition) is 5. The quantitative estimate of drug-likeness (QED) is 0.646. The van der Waals surface area contributed by atoms with Gasteiger partial charge in [0, 0.05) is 6.42 Å². The Hall–Kier alpha value is -1.50. The second-order valence-electron chi connectivity index (χ2n) is 5.32. The highest BCUT2D eigenvalue weighted by atomic mass is 19.1. The van der Waals surface area contributed by atoms with E-state index in [0.717, 1.165) is 5.56 Å². The monoisotopic (exact) mass is 299 g/mol. The Balaban J connectivity index is 2.91. The Labute approximate surface area is 123 Å². The summed E-state index contributed by atoms with van der Waals surface area (Å²) in [6.07, 6.45) is -1.94. The molecule has 4 N–H and O–H groups in total. The minimum Gasteiger partial charge on any atom is -0.458 e. The van der Waals surface area contributed by atoms with Crippen molar-refractivity contribution < 1.29 is 24.1 Å². The fraction of sp³-hybridized carbons (Fsp3) is 0.533. The van der Waals surface area contributed by atoms with E-state index in [-0.39, 0.29) is 18.7 Å². The largest absolute Gasteiger partial charge is 0.458 e. The number of aliphatic hydroxyl groups excluding tert-OH is 2. The Kier molecular flexibility index (Phi) is 6.26. The normalized spacial score (nSPS) is 16.9. The van der Waals surface area contributed by atoms with E-state index in [1.807, 2.05) is 0 Å². The molecular weight excluding hydrogens is 277 g/mol. The molecule has 1 aromatic rings. The molecule has 0 aliphatic carbocycles. The van der Waals surface area contributed by atoms with Crippen molar-refractivity contribution >= 4 is 5.97 Å². The molecule has 0 radical (unpaired) electrons. The number of rotatable bonds is 7. The van der Waals surface area contributed by atoms with Crippen molar-refractivity contribution in [2.45, 2.75) is 44.4 Å². The average Bonchev–Trinajstić information content (AvgIpc) is 2.45. The first-order valence-electron chi connectivity index (χ1n) is 6.82. The molecule has 6 heteroatoms. The van der Waals surface area contributed by atoms with E-state index in [2.05, 4.69) is 0 Å². The lowest BCUT2D eigenvalue weighted by Crippen LogP contribution is -2.57. The van der Waals surface area contributed by atoms with E-state index in [1.54, 1.807) is 26.0 Å². The maximum Gasteiger partial charge on any atom is 0.305 e. The zero-order chi connectivity index (χ0) is 16.0. The summed E-state index contributed by atoms with van der Waals surface area (Å²) < 4.78 is 18.1. The van der Waals surface area contributed by atoms with Gasteiger partial charge in [-0.2, -0.15) is 0 Å². The zero-order valence-electron chi connectivity index (χ0n) is 12.3. The highest BCUT2D eigenvalue weighted by Gasteiger charge is 2.38. The number of carbonyl (C=O) groups excluding carboxylic acids is 1. The van der Waals surface area contributed by atoms with Gasteiger partial charge in [0.2, 0.25) is 0 Å². The van der Waals surface area contributed by atoms with E-state index < -0.39 is 30.3 Å². The Morgan fingerprint density at radius 3 is 2.48 bits per heavy atom. The molecule has 3 atom stereocenters. The van der Waals surface area contributed by atoms with Crippen molar-refractivity contribution in [1.29, 1.82) is 0 Å². The summed E-state index contributed by atoms with van der Waals surface area (Å²) in [5.41, 5.74) is 5.80. The molecule has 0 aliphatic rings. The predicted octanol–water partition coefficient (Wildman–Crippen LogP) is 0.761. The van der Waals surface area contributed by atoms with Gasteiger partial charge in [-0.3, -0.25) is 4.79 Å². The number of hydrogen-bond donors (Lipinski definition) is 3. The van der Waals surface area contributed by atoms with Gasteiger partial charge < -0.3 is 20.7 Å². The van der Waals surface area contributed by atoms with Crippen LogP contribution in [0.2, 0.25) is 0 Å². The molecule has 118 valence electrons. The molecule has 0 aliphatic heterocycles. The van der Waals surface area contributed by atoms with E-state index in [9.17, 15) is 14.3 Å². The van der Waals surface area contributed by atoms with Gasteiger partial charge in [-0.15, -0.1) is 0 Å². The second kappa shape index (κ2) is 7.49. The second-order valence-corrected chi connectivity index (χ2v) is 5.32. The average molecular weight is 299 g/mol. The third kappa shape index (κ3) is 5.08. The SMILES string of the molecule is CCC(=O)OC(C(O)CO)C(C)(N)Cc1ccc(F)cc1. The maximum absolute atomic E-state index is 12.9. The highest BCUT2D eigenvalue weighted by molar-refractivity contribution is 5.69. The van der Waals surface area contributed by atoms with E-state index in [0.29, 0.717) is 0 Å². The zero-order valence-corrected chi connectivity index (χ0v) is 12.3.